The number of carbonyl (C=O) groups is 3. The topological polar surface area (TPSA) is 133 Å². The molecule has 188 valence electrons. The summed E-state index contributed by atoms with van der Waals surface area (Å²) in [6.45, 7) is 0.649. The first kappa shape index (κ1) is 26.6. The minimum absolute atomic E-state index is 0.00855. The van der Waals surface area contributed by atoms with E-state index in [1.165, 1.54) is 21.3 Å². The van der Waals surface area contributed by atoms with Crippen molar-refractivity contribution in [2.75, 3.05) is 26.2 Å². The molecule has 1 fully saturated rings. The Morgan fingerprint density at radius 2 is 1.63 bits per heavy atom. The van der Waals surface area contributed by atoms with Gasteiger partial charge in [-0.1, -0.05) is 46.3 Å². The number of benzene rings is 2. The molecule has 1 atom stereocenters. The number of alkyl carbamates (subject to hydrolysis) is 1. The number of nitrogens with one attached hydrogen (secondary N) is 1. The molecular weight excluding hydrogens is 542 g/mol. The van der Waals surface area contributed by atoms with Crippen LogP contribution in [-0.2, 0) is 31.0 Å². The lowest BCUT2D eigenvalue weighted by atomic mass is 10.1. The number of hydrogen-bond acceptors (Lipinski definition) is 6. The van der Waals surface area contributed by atoms with Crippen LogP contribution < -0.4 is 5.32 Å². The standard InChI is InChI=1S/C23H26BrN3O7S/c24-18-6-8-19(9-7-18)35(32,33)27-14-12-26(13-15-27)21(28)11-10-20(22(29)30)25-23(31)34-16-17-4-2-1-3-5-17/h1-9,20H,10-16H2,(H,25,31)(H,29,30)/t20-/m0/s1. The normalized spacial score (nSPS) is 15.3. The van der Waals surface area contributed by atoms with Crippen LogP contribution in [-0.4, -0.2) is 72.9 Å². The molecule has 0 unspecified atom stereocenters. The van der Waals surface area contributed by atoms with Gasteiger partial charge in [0, 0.05) is 37.1 Å². The predicted molar refractivity (Wildman–Crippen MR) is 130 cm³/mol. The average molecular weight is 568 g/mol. The van der Waals surface area contributed by atoms with Crippen molar-refractivity contribution in [2.45, 2.75) is 30.4 Å². The molecule has 0 radical (unpaired) electrons. The number of carbonyl (C=O) groups excluding carboxylic acids is 2. The van der Waals surface area contributed by atoms with Gasteiger partial charge in [0.1, 0.15) is 12.6 Å². The van der Waals surface area contributed by atoms with Crippen LogP contribution in [0.5, 0.6) is 0 Å². The van der Waals surface area contributed by atoms with E-state index in [0.29, 0.717) is 0 Å². The van der Waals surface area contributed by atoms with E-state index in [1.807, 2.05) is 6.07 Å². The van der Waals surface area contributed by atoms with Gasteiger partial charge in [-0.2, -0.15) is 4.31 Å². The molecule has 10 nitrogen and oxygen atoms in total. The molecular formula is C23H26BrN3O7S. The molecule has 0 aromatic heterocycles. The summed E-state index contributed by atoms with van der Waals surface area (Å²) in [6, 6.07) is 14.0. The highest BCUT2D eigenvalue weighted by molar-refractivity contribution is 9.10. The average Bonchev–Trinajstić information content (AvgIpc) is 2.86. The summed E-state index contributed by atoms with van der Waals surface area (Å²) in [4.78, 5) is 37.8. The van der Waals surface area contributed by atoms with Crippen molar-refractivity contribution in [1.82, 2.24) is 14.5 Å². The molecule has 35 heavy (non-hydrogen) atoms. The van der Waals surface area contributed by atoms with Gasteiger partial charge in [0.25, 0.3) is 0 Å². The molecule has 0 saturated carbocycles. The minimum Gasteiger partial charge on any atom is -0.480 e. The van der Waals surface area contributed by atoms with E-state index in [2.05, 4.69) is 21.2 Å². The van der Waals surface area contributed by atoms with Crippen molar-refractivity contribution in [3.8, 4) is 0 Å². The summed E-state index contributed by atoms with van der Waals surface area (Å²) in [7, 11) is -3.67. The van der Waals surface area contributed by atoms with E-state index in [0.717, 1.165) is 10.0 Å². The van der Waals surface area contributed by atoms with Gasteiger partial charge >= 0.3 is 12.1 Å². The molecule has 1 aliphatic rings. The van der Waals surface area contributed by atoms with Gasteiger partial charge in [-0.25, -0.2) is 18.0 Å². The van der Waals surface area contributed by atoms with Crippen molar-refractivity contribution in [3.63, 3.8) is 0 Å². The van der Waals surface area contributed by atoms with Gasteiger partial charge in [0.05, 0.1) is 4.90 Å². The number of halogens is 1. The molecule has 2 amide bonds. The third-order valence-corrected chi connectivity index (χ3v) is 7.93. The molecule has 1 saturated heterocycles. The number of hydrogen-bond donors (Lipinski definition) is 2. The van der Waals surface area contributed by atoms with Crippen molar-refractivity contribution >= 4 is 43.9 Å². The first-order valence-electron chi connectivity index (χ1n) is 10.9. The van der Waals surface area contributed by atoms with Crippen molar-refractivity contribution in [1.29, 1.82) is 0 Å². The monoisotopic (exact) mass is 567 g/mol. The lowest BCUT2D eigenvalue weighted by molar-refractivity contribution is -0.140. The van der Waals surface area contributed by atoms with Gasteiger partial charge in [-0.05, 0) is 36.2 Å². The number of sulfonamides is 1. The van der Waals surface area contributed by atoms with Crippen LogP contribution in [0.1, 0.15) is 18.4 Å². The Kier molecular flexibility index (Phi) is 9.24. The Hall–Kier alpha value is -2.96. The molecule has 12 heteroatoms. The molecule has 3 rings (SSSR count). The summed E-state index contributed by atoms with van der Waals surface area (Å²) in [5.74, 6) is -1.59. The van der Waals surface area contributed by atoms with Crippen molar-refractivity contribution < 1.29 is 32.6 Å². The third-order valence-electron chi connectivity index (χ3n) is 5.49. The molecule has 1 heterocycles. The highest BCUT2D eigenvalue weighted by atomic mass is 79.9. The van der Waals surface area contributed by atoms with E-state index in [9.17, 15) is 27.9 Å². The van der Waals surface area contributed by atoms with Crippen LogP contribution in [0.3, 0.4) is 0 Å². The number of aliphatic carboxylic acids is 1. The smallest absolute Gasteiger partial charge is 0.408 e. The first-order chi connectivity index (χ1) is 16.7. The maximum atomic E-state index is 12.8. The van der Waals surface area contributed by atoms with E-state index < -0.39 is 28.1 Å². The zero-order valence-electron chi connectivity index (χ0n) is 18.8. The van der Waals surface area contributed by atoms with Crippen LogP contribution in [0.25, 0.3) is 0 Å². The van der Waals surface area contributed by atoms with Gasteiger partial charge in [-0.3, -0.25) is 4.79 Å². The second-order valence-corrected chi connectivity index (χ2v) is 10.7. The number of rotatable bonds is 9. The van der Waals surface area contributed by atoms with Gasteiger partial charge in [0.2, 0.25) is 15.9 Å². The predicted octanol–water partition coefficient (Wildman–Crippen LogP) is 2.44. The highest BCUT2D eigenvalue weighted by Crippen LogP contribution is 2.20. The fourth-order valence-corrected chi connectivity index (χ4v) is 5.21. The maximum absolute atomic E-state index is 12.8. The van der Waals surface area contributed by atoms with Crippen LogP contribution >= 0.6 is 15.9 Å². The summed E-state index contributed by atoms with van der Waals surface area (Å²) in [5.41, 5.74) is 0.756. The molecule has 2 aromatic carbocycles. The minimum atomic E-state index is -3.67. The van der Waals surface area contributed by atoms with Crippen LogP contribution in [0.2, 0.25) is 0 Å². The number of nitrogens with zero attached hydrogens (tertiary/aromatic N) is 2. The fraction of sp³-hybridized carbons (Fsp3) is 0.348. The Morgan fingerprint density at radius 1 is 1.00 bits per heavy atom. The third kappa shape index (κ3) is 7.51. The zero-order valence-corrected chi connectivity index (χ0v) is 21.2. The van der Waals surface area contributed by atoms with Gasteiger partial charge < -0.3 is 20.1 Å². The number of carboxylic acid groups (broad SMARTS) is 1. The molecule has 2 aromatic rings. The lowest BCUT2D eigenvalue weighted by Gasteiger charge is -2.34. The Labute approximate surface area is 212 Å². The quantitative estimate of drug-likeness (QED) is 0.475. The first-order valence-corrected chi connectivity index (χ1v) is 13.1. The zero-order chi connectivity index (χ0) is 25.4. The SMILES string of the molecule is O=C(N[C@@H](CCC(=O)N1CCN(S(=O)(=O)c2ccc(Br)cc2)CC1)C(=O)O)OCc1ccccc1. The van der Waals surface area contributed by atoms with Crippen LogP contribution in [0, 0.1) is 0 Å². The molecule has 2 N–H and O–H groups in total. The van der Waals surface area contributed by atoms with Gasteiger partial charge in [0.15, 0.2) is 0 Å². The number of amides is 2. The second kappa shape index (κ2) is 12.1. The van der Waals surface area contributed by atoms with E-state index >= 15 is 0 Å². The molecule has 0 aliphatic carbocycles. The summed E-state index contributed by atoms with van der Waals surface area (Å²) < 4.78 is 32.7. The maximum Gasteiger partial charge on any atom is 0.408 e. The molecule has 0 spiro atoms. The van der Waals surface area contributed by atoms with Crippen LogP contribution in [0.4, 0.5) is 4.79 Å². The number of ether oxygens (including phenoxy) is 1. The number of piperazine rings is 1. The Balaban J connectivity index is 1.46. The highest BCUT2D eigenvalue weighted by Gasteiger charge is 2.31. The van der Waals surface area contributed by atoms with Crippen LogP contribution in [0.15, 0.2) is 64.0 Å². The molecule has 0 bridgehead atoms. The fourth-order valence-electron chi connectivity index (χ4n) is 3.52. The molecule has 1 aliphatic heterocycles. The lowest BCUT2D eigenvalue weighted by Crippen LogP contribution is -2.50. The van der Waals surface area contributed by atoms with Gasteiger partial charge in [-0.15, -0.1) is 0 Å². The number of carboxylic acids is 1. The second-order valence-electron chi connectivity index (χ2n) is 7.87. The van der Waals surface area contributed by atoms with E-state index in [4.69, 9.17) is 4.74 Å². The van der Waals surface area contributed by atoms with E-state index in [1.54, 1.807) is 36.4 Å². The van der Waals surface area contributed by atoms with Crippen molar-refractivity contribution in [2.24, 2.45) is 0 Å². The van der Waals surface area contributed by atoms with Crippen molar-refractivity contribution in [3.05, 3.63) is 64.6 Å². The Bertz CT molecular complexity index is 1140. The largest absolute Gasteiger partial charge is 0.480 e. The summed E-state index contributed by atoms with van der Waals surface area (Å²) in [5, 5.41) is 11.7. The summed E-state index contributed by atoms with van der Waals surface area (Å²) in [6.07, 6.45) is -1.12. The van der Waals surface area contributed by atoms with E-state index in [-0.39, 0.29) is 56.4 Å². The summed E-state index contributed by atoms with van der Waals surface area (Å²) >= 11 is 3.28. The Morgan fingerprint density at radius 3 is 2.23 bits per heavy atom.